The van der Waals surface area contributed by atoms with Gasteiger partial charge in [-0.3, -0.25) is 4.90 Å². The SMILES string of the molecule is O=C(O)N(CCl)C1CC1. The van der Waals surface area contributed by atoms with Crippen molar-refractivity contribution in [2.75, 3.05) is 6.00 Å². The first-order valence-electron chi connectivity index (χ1n) is 2.81. The van der Waals surface area contributed by atoms with Crippen LogP contribution in [0, 0.1) is 0 Å². The van der Waals surface area contributed by atoms with Crippen LogP contribution in [0.2, 0.25) is 0 Å². The van der Waals surface area contributed by atoms with Crippen molar-refractivity contribution < 1.29 is 9.90 Å². The largest absolute Gasteiger partial charge is 0.465 e. The third kappa shape index (κ3) is 1.48. The van der Waals surface area contributed by atoms with E-state index in [0.29, 0.717) is 0 Å². The normalized spacial score (nSPS) is 17.4. The Morgan fingerprint density at radius 2 is 2.33 bits per heavy atom. The average Bonchev–Trinajstić information content (AvgIpc) is 2.50. The molecule has 9 heavy (non-hydrogen) atoms. The molecule has 1 N–H and O–H groups in total. The predicted octanol–water partition coefficient (Wildman–Crippen LogP) is 1.33. The van der Waals surface area contributed by atoms with Gasteiger partial charge in [0.25, 0.3) is 0 Å². The van der Waals surface area contributed by atoms with Crippen molar-refractivity contribution in [2.24, 2.45) is 0 Å². The number of amides is 1. The molecule has 0 aromatic carbocycles. The van der Waals surface area contributed by atoms with Crippen LogP contribution in [0.3, 0.4) is 0 Å². The first-order chi connectivity index (χ1) is 4.25. The van der Waals surface area contributed by atoms with Crippen molar-refractivity contribution in [3.05, 3.63) is 0 Å². The van der Waals surface area contributed by atoms with Crippen LogP contribution < -0.4 is 0 Å². The van der Waals surface area contributed by atoms with Gasteiger partial charge in [0.15, 0.2) is 0 Å². The van der Waals surface area contributed by atoms with Crippen molar-refractivity contribution in [1.29, 1.82) is 0 Å². The van der Waals surface area contributed by atoms with E-state index in [1.165, 1.54) is 4.90 Å². The molecule has 3 nitrogen and oxygen atoms in total. The Labute approximate surface area is 58.2 Å². The van der Waals surface area contributed by atoms with Gasteiger partial charge >= 0.3 is 6.09 Å². The van der Waals surface area contributed by atoms with E-state index >= 15 is 0 Å². The molecule has 1 aliphatic rings. The van der Waals surface area contributed by atoms with Gasteiger partial charge in [0.2, 0.25) is 0 Å². The molecule has 0 aromatic heterocycles. The van der Waals surface area contributed by atoms with E-state index in [-0.39, 0.29) is 12.0 Å². The van der Waals surface area contributed by atoms with E-state index in [2.05, 4.69) is 0 Å². The number of carboxylic acid groups (broad SMARTS) is 1. The monoisotopic (exact) mass is 149 g/mol. The predicted molar refractivity (Wildman–Crippen MR) is 33.6 cm³/mol. The average molecular weight is 150 g/mol. The van der Waals surface area contributed by atoms with Crippen LogP contribution in [0.1, 0.15) is 12.8 Å². The maximum absolute atomic E-state index is 10.3. The zero-order valence-electron chi connectivity index (χ0n) is 4.88. The molecular formula is C5H8ClNO2. The Morgan fingerprint density at radius 1 is 1.78 bits per heavy atom. The summed E-state index contributed by atoms with van der Waals surface area (Å²) in [6.45, 7) is 0. The highest BCUT2D eigenvalue weighted by molar-refractivity contribution is 6.18. The maximum atomic E-state index is 10.3. The van der Waals surface area contributed by atoms with Gasteiger partial charge in [-0.05, 0) is 12.8 Å². The molecule has 1 fully saturated rings. The molecule has 1 amide bonds. The number of carbonyl (C=O) groups is 1. The van der Waals surface area contributed by atoms with Crippen LogP contribution in [-0.4, -0.2) is 28.1 Å². The summed E-state index contributed by atoms with van der Waals surface area (Å²) >= 11 is 5.34. The molecular weight excluding hydrogens is 142 g/mol. The lowest BCUT2D eigenvalue weighted by atomic mass is 10.6. The van der Waals surface area contributed by atoms with Crippen LogP contribution in [0.15, 0.2) is 0 Å². The third-order valence-corrected chi connectivity index (χ3v) is 1.62. The minimum atomic E-state index is -0.910. The number of halogens is 1. The van der Waals surface area contributed by atoms with Crippen molar-refractivity contribution in [2.45, 2.75) is 18.9 Å². The number of hydrogen-bond acceptors (Lipinski definition) is 1. The molecule has 0 spiro atoms. The van der Waals surface area contributed by atoms with Crippen molar-refractivity contribution in [3.8, 4) is 0 Å². The maximum Gasteiger partial charge on any atom is 0.408 e. The molecule has 4 heteroatoms. The number of nitrogens with zero attached hydrogens (tertiary/aromatic N) is 1. The third-order valence-electron chi connectivity index (χ3n) is 1.36. The number of alkyl halides is 1. The van der Waals surface area contributed by atoms with Crippen LogP contribution in [0.25, 0.3) is 0 Å². The molecule has 0 unspecified atom stereocenters. The van der Waals surface area contributed by atoms with Crippen LogP contribution in [0.4, 0.5) is 4.79 Å². The van der Waals surface area contributed by atoms with Gasteiger partial charge in [0.05, 0.1) is 6.00 Å². The molecule has 0 bridgehead atoms. The van der Waals surface area contributed by atoms with Gasteiger partial charge < -0.3 is 5.11 Å². The molecule has 0 aliphatic heterocycles. The lowest BCUT2D eigenvalue weighted by Gasteiger charge is -2.13. The molecule has 1 saturated carbocycles. The van der Waals surface area contributed by atoms with Gasteiger partial charge in [-0.2, -0.15) is 0 Å². The van der Waals surface area contributed by atoms with Crippen molar-refractivity contribution >= 4 is 17.7 Å². The summed E-state index contributed by atoms with van der Waals surface area (Å²) in [5.74, 6) is 0. The Kier molecular flexibility index (Phi) is 1.81. The second kappa shape index (κ2) is 2.43. The lowest BCUT2D eigenvalue weighted by Crippen LogP contribution is -2.30. The molecule has 0 saturated heterocycles. The summed E-state index contributed by atoms with van der Waals surface area (Å²) in [6.07, 6.45) is 1.03. The fraction of sp³-hybridized carbons (Fsp3) is 0.800. The molecule has 52 valence electrons. The minimum Gasteiger partial charge on any atom is -0.465 e. The Bertz CT molecular complexity index is 124. The number of hydrogen-bond donors (Lipinski definition) is 1. The van der Waals surface area contributed by atoms with E-state index in [0.717, 1.165) is 12.8 Å². The highest BCUT2D eigenvalue weighted by atomic mass is 35.5. The van der Waals surface area contributed by atoms with E-state index in [4.69, 9.17) is 16.7 Å². The zero-order chi connectivity index (χ0) is 6.85. The molecule has 0 radical (unpaired) electrons. The molecule has 0 aromatic rings. The summed E-state index contributed by atoms with van der Waals surface area (Å²) in [4.78, 5) is 11.5. The first-order valence-corrected chi connectivity index (χ1v) is 3.34. The van der Waals surface area contributed by atoms with Crippen molar-refractivity contribution in [3.63, 3.8) is 0 Å². The molecule has 0 heterocycles. The molecule has 1 rings (SSSR count). The van der Waals surface area contributed by atoms with Gasteiger partial charge in [0, 0.05) is 6.04 Å². The topological polar surface area (TPSA) is 40.5 Å². The Morgan fingerprint density at radius 3 is 2.44 bits per heavy atom. The highest BCUT2D eigenvalue weighted by Gasteiger charge is 2.31. The highest BCUT2D eigenvalue weighted by Crippen LogP contribution is 2.26. The van der Waals surface area contributed by atoms with E-state index < -0.39 is 6.09 Å². The van der Waals surface area contributed by atoms with Gasteiger partial charge in [-0.15, -0.1) is 11.6 Å². The van der Waals surface area contributed by atoms with Gasteiger partial charge in [0.1, 0.15) is 0 Å². The minimum absolute atomic E-state index is 0.0972. The van der Waals surface area contributed by atoms with Crippen molar-refractivity contribution in [1.82, 2.24) is 4.90 Å². The number of rotatable bonds is 2. The van der Waals surface area contributed by atoms with Gasteiger partial charge in [-0.1, -0.05) is 0 Å². The summed E-state index contributed by atoms with van der Waals surface area (Å²) < 4.78 is 0. The second-order valence-corrected chi connectivity index (χ2v) is 2.34. The van der Waals surface area contributed by atoms with Gasteiger partial charge in [-0.25, -0.2) is 4.79 Å². The smallest absolute Gasteiger partial charge is 0.408 e. The molecule has 0 atom stereocenters. The second-order valence-electron chi connectivity index (χ2n) is 2.10. The first kappa shape index (κ1) is 6.68. The lowest BCUT2D eigenvalue weighted by molar-refractivity contribution is 0.150. The van der Waals surface area contributed by atoms with E-state index in [1.54, 1.807) is 0 Å². The summed E-state index contributed by atoms with van der Waals surface area (Å²) in [5.41, 5.74) is 0. The Balaban J connectivity index is 2.37. The quantitative estimate of drug-likeness (QED) is 0.475. The molecule has 1 aliphatic carbocycles. The summed E-state index contributed by atoms with van der Waals surface area (Å²) in [5, 5.41) is 8.43. The summed E-state index contributed by atoms with van der Waals surface area (Å²) in [6, 6.07) is 0.306. The van der Waals surface area contributed by atoms with E-state index in [9.17, 15) is 4.79 Å². The standard InChI is InChI=1S/C5H8ClNO2/c6-3-7(5(8)9)4-1-2-4/h4H,1-3H2,(H,8,9). The fourth-order valence-electron chi connectivity index (χ4n) is 0.691. The summed E-state index contributed by atoms with van der Waals surface area (Å²) in [7, 11) is 0. The fourth-order valence-corrected chi connectivity index (χ4v) is 0.989. The van der Waals surface area contributed by atoms with E-state index in [1.807, 2.05) is 0 Å². The van der Waals surface area contributed by atoms with Crippen LogP contribution >= 0.6 is 11.6 Å². The van der Waals surface area contributed by atoms with Crippen LogP contribution in [-0.2, 0) is 0 Å². The zero-order valence-corrected chi connectivity index (χ0v) is 5.64. The van der Waals surface area contributed by atoms with Crippen LogP contribution in [0.5, 0.6) is 0 Å². The Hall–Kier alpha value is -0.440.